The van der Waals surface area contributed by atoms with Gasteiger partial charge in [-0.25, -0.2) is 0 Å². The van der Waals surface area contributed by atoms with E-state index in [9.17, 15) is 24.6 Å². The van der Waals surface area contributed by atoms with Gasteiger partial charge in [0.2, 0.25) is 5.91 Å². The molecule has 1 aliphatic heterocycles. The second-order valence-corrected chi connectivity index (χ2v) is 7.41. The molecular weight excluding hydrogens is 370 g/mol. The molecule has 9 heteroatoms. The molecule has 2 atom stereocenters. The number of carbonyl (C=O) groups excluding carboxylic acids is 1. The van der Waals surface area contributed by atoms with E-state index in [-0.39, 0.29) is 0 Å². The average molecular weight is 395 g/mol. The maximum Gasteiger partial charge on any atom is 0.323 e. The second kappa shape index (κ2) is 10.3. The van der Waals surface area contributed by atoms with Gasteiger partial charge in [0.25, 0.3) is 0 Å². The average Bonchev–Trinajstić information content (AvgIpc) is 2.75. The van der Waals surface area contributed by atoms with Gasteiger partial charge in [-0.05, 0) is 31.5 Å². The number of benzene rings is 1. The fourth-order valence-electron chi connectivity index (χ4n) is 2.96. The van der Waals surface area contributed by atoms with Gasteiger partial charge in [-0.3, -0.25) is 24.6 Å². The lowest BCUT2D eigenvalue weighted by Crippen LogP contribution is -2.53. The molecule has 0 aliphatic carbocycles. The minimum atomic E-state index is -1.12. The molecule has 0 fully saturated rings. The Bertz CT molecular complexity index is 685. The number of aliphatic carboxylic acids is 2. The number of nitrogens with two attached hydrogens (primary N) is 1. The predicted molar refractivity (Wildman–Crippen MR) is 103 cm³/mol. The summed E-state index contributed by atoms with van der Waals surface area (Å²) in [6, 6.07) is 5.44. The number of carboxylic acids is 2. The van der Waals surface area contributed by atoms with Crippen molar-refractivity contribution in [2.24, 2.45) is 5.73 Å². The number of thioether (sulfide) groups is 1. The molecule has 1 amide bonds. The molecule has 0 saturated carbocycles. The smallest absolute Gasteiger partial charge is 0.323 e. The number of amides is 1. The molecule has 1 aliphatic rings. The van der Waals surface area contributed by atoms with E-state index in [1.165, 1.54) is 16.7 Å². The highest BCUT2D eigenvalue weighted by molar-refractivity contribution is 7.99. The number of hydrogen-bond donors (Lipinski definition) is 4. The van der Waals surface area contributed by atoms with Crippen LogP contribution in [0.5, 0.6) is 0 Å². The summed E-state index contributed by atoms with van der Waals surface area (Å²) in [5, 5.41) is 21.6. The van der Waals surface area contributed by atoms with Crippen LogP contribution in [0, 0.1) is 0 Å². The number of anilines is 1. The van der Waals surface area contributed by atoms with Crippen LogP contribution in [0.15, 0.2) is 29.2 Å². The first-order valence-corrected chi connectivity index (χ1v) is 9.86. The molecule has 1 aromatic carbocycles. The van der Waals surface area contributed by atoms with Crippen molar-refractivity contribution in [3.8, 4) is 0 Å². The molecule has 148 valence electrons. The van der Waals surface area contributed by atoms with E-state index in [0.717, 1.165) is 17.7 Å². The van der Waals surface area contributed by atoms with Crippen molar-refractivity contribution in [1.29, 1.82) is 0 Å². The summed E-state index contributed by atoms with van der Waals surface area (Å²) < 4.78 is 0. The molecule has 5 N–H and O–H groups in total. The number of hydrogen-bond acceptors (Lipinski definition) is 6. The standard InChI is InChI=1S/C18H25N3O5S/c19-9-5-1-2-6-12(18(25)26)20-13-11-27-15-8-4-3-7-14(15)21(17(13)24)10-16(22)23/h3-4,7-8,12-13,20H,1-2,5-6,9-11,19H2,(H,22,23)(H,25,26)/t12-,13?/m1/s1. The quantitative estimate of drug-likeness (QED) is 0.434. The number of carboxylic acid groups (broad SMARTS) is 2. The Labute approximate surface area is 162 Å². The lowest BCUT2D eigenvalue weighted by atomic mass is 10.1. The fourth-order valence-corrected chi connectivity index (χ4v) is 4.05. The van der Waals surface area contributed by atoms with E-state index < -0.39 is 36.5 Å². The third-order valence-electron chi connectivity index (χ3n) is 4.32. The first kappa shape index (κ1) is 21.2. The first-order valence-electron chi connectivity index (χ1n) is 8.88. The van der Waals surface area contributed by atoms with Gasteiger partial charge in [-0.15, -0.1) is 11.8 Å². The van der Waals surface area contributed by atoms with Crippen molar-refractivity contribution in [1.82, 2.24) is 5.32 Å². The van der Waals surface area contributed by atoms with Gasteiger partial charge in [-0.2, -0.15) is 0 Å². The third-order valence-corrected chi connectivity index (χ3v) is 5.47. The SMILES string of the molecule is NCCCCC[C@@H](NC1CSc2ccccc2N(CC(=O)O)C1=O)C(=O)O. The highest BCUT2D eigenvalue weighted by atomic mass is 32.2. The summed E-state index contributed by atoms with van der Waals surface area (Å²) in [7, 11) is 0. The number of nitrogens with zero attached hydrogens (tertiary/aromatic N) is 1. The molecule has 0 bridgehead atoms. The second-order valence-electron chi connectivity index (χ2n) is 6.34. The molecule has 0 spiro atoms. The zero-order valence-electron chi connectivity index (χ0n) is 15.0. The Morgan fingerprint density at radius 2 is 2.00 bits per heavy atom. The summed E-state index contributed by atoms with van der Waals surface area (Å²) in [6.07, 6.45) is 2.72. The predicted octanol–water partition coefficient (Wildman–Crippen LogP) is 1.14. The molecule has 27 heavy (non-hydrogen) atoms. The van der Waals surface area contributed by atoms with E-state index in [4.69, 9.17) is 5.73 Å². The monoisotopic (exact) mass is 395 g/mol. The van der Waals surface area contributed by atoms with Gasteiger partial charge in [0.05, 0.1) is 11.7 Å². The maximum absolute atomic E-state index is 13.0. The van der Waals surface area contributed by atoms with Gasteiger partial charge in [0, 0.05) is 10.6 Å². The van der Waals surface area contributed by atoms with E-state index in [2.05, 4.69) is 5.32 Å². The van der Waals surface area contributed by atoms with Crippen LogP contribution >= 0.6 is 11.8 Å². The van der Waals surface area contributed by atoms with E-state index in [1.807, 2.05) is 12.1 Å². The minimum Gasteiger partial charge on any atom is -0.480 e. The molecular formula is C18H25N3O5S. The fraction of sp³-hybridized carbons (Fsp3) is 0.500. The van der Waals surface area contributed by atoms with Gasteiger partial charge < -0.3 is 15.9 Å². The highest BCUT2D eigenvalue weighted by Crippen LogP contribution is 2.34. The number of rotatable bonds is 10. The van der Waals surface area contributed by atoms with Crippen LogP contribution in [0.25, 0.3) is 0 Å². The van der Waals surface area contributed by atoms with E-state index >= 15 is 0 Å². The molecule has 0 aromatic heterocycles. The van der Waals surface area contributed by atoms with Crippen LogP contribution in [0.1, 0.15) is 25.7 Å². The lowest BCUT2D eigenvalue weighted by molar-refractivity contribution is -0.140. The maximum atomic E-state index is 13.0. The highest BCUT2D eigenvalue weighted by Gasteiger charge is 2.34. The summed E-state index contributed by atoms with van der Waals surface area (Å²) in [5.41, 5.74) is 5.99. The van der Waals surface area contributed by atoms with Gasteiger partial charge in [0.1, 0.15) is 12.6 Å². The first-order chi connectivity index (χ1) is 12.9. The summed E-state index contributed by atoms with van der Waals surface area (Å²) in [4.78, 5) is 37.8. The van der Waals surface area contributed by atoms with Crippen molar-refractivity contribution in [2.45, 2.75) is 42.7 Å². The van der Waals surface area contributed by atoms with Gasteiger partial charge >= 0.3 is 11.9 Å². The number of unbranched alkanes of at least 4 members (excludes halogenated alkanes) is 2. The largest absolute Gasteiger partial charge is 0.480 e. The van der Waals surface area contributed by atoms with Crippen LogP contribution in [-0.2, 0) is 14.4 Å². The Balaban J connectivity index is 2.15. The molecule has 1 aromatic rings. The zero-order chi connectivity index (χ0) is 19.8. The van der Waals surface area contributed by atoms with E-state index in [0.29, 0.717) is 30.8 Å². The van der Waals surface area contributed by atoms with Crippen molar-refractivity contribution < 1.29 is 24.6 Å². The molecule has 0 saturated heterocycles. The normalized spacial score (nSPS) is 17.9. The molecule has 1 heterocycles. The van der Waals surface area contributed by atoms with Crippen LogP contribution in [-0.4, -0.2) is 59.0 Å². The van der Waals surface area contributed by atoms with Crippen molar-refractivity contribution in [3.63, 3.8) is 0 Å². The Kier molecular flexibility index (Phi) is 8.08. The van der Waals surface area contributed by atoms with Crippen molar-refractivity contribution in [2.75, 3.05) is 23.7 Å². The van der Waals surface area contributed by atoms with Crippen LogP contribution in [0.3, 0.4) is 0 Å². The summed E-state index contributed by atoms with van der Waals surface area (Å²) in [6.45, 7) is 0.0914. The molecule has 0 radical (unpaired) electrons. The van der Waals surface area contributed by atoms with Crippen LogP contribution < -0.4 is 16.0 Å². The van der Waals surface area contributed by atoms with Crippen molar-refractivity contribution in [3.05, 3.63) is 24.3 Å². The van der Waals surface area contributed by atoms with Crippen LogP contribution in [0.4, 0.5) is 5.69 Å². The minimum absolute atomic E-state index is 0.332. The molecule has 1 unspecified atom stereocenters. The Morgan fingerprint density at radius 1 is 1.26 bits per heavy atom. The molecule has 8 nitrogen and oxygen atoms in total. The topological polar surface area (TPSA) is 133 Å². The van der Waals surface area contributed by atoms with Gasteiger partial charge in [0.15, 0.2) is 0 Å². The number of para-hydroxylation sites is 1. The zero-order valence-corrected chi connectivity index (χ0v) is 15.8. The summed E-state index contributed by atoms with van der Waals surface area (Å²) >= 11 is 1.41. The van der Waals surface area contributed by atoms with E-state index in [1.54, 1.807) is 12.1 Å². The Hall–Kier alpha value is -2.10. The lowest BCUT2D eigenvalue weighted by Gasteiger charge is -2.26. The number of nitrogens with one attached hydrogen (secondary N) is 1. The number of carbonyl (C=O) groups is 3. The van der Waals surface area contributed by atoms with Crippen LogP contribution in [0.2, 0.25) is 0 Å². The summed E-state index contributed by atoms with van der Waals surface area (Å²) in [5.74, 6) is -2.24. The Morgan fingerprint density at radius 3 is 2.67 bits per heavy atom. The molecule has 2 rings (SSSR count). The van der Waals surface area contributed by atoms with Crippen molar-refractivity contribution >= 4 is 35.3 Å². The van der Waals surface area contributed by atoms with Gasteiger partial charge in [-0.1, -0.05) is 25.0 Å². The number of fused-ring (bicyclic) bond motifs is 1. The third kappa shape index (κ3) is 5.95.